The molecule has 0 unspecified atom stereocenters. The Labute approximate surface area is 197 Å². The molecule has 0 spiro atoms. The summed E-state index contributed by atoms with van der Waals surface area (Å²) >= 11 is 0. The van der Waals surface area contributed by atoms with Gasteiger partial charge in [0, 0.05) is 33.0 Å². The molecule has 0 aliphatic rings. The molecule has 0 saturated carbocycles. The molecule has 1 N–H and O–H groups in total. The first-order valence-corrected chi connectivity index (χ1v) is 12.0. The summed E-state index contributed by atoms with van der Waals surface area (Å²) in [5.74, 6) is 0. The molecule has 4 heteroatoms. The second-order valence-corrected chi connectivity index (χ2v) is 11.5. The summed E-state index contributed by atoms with van der Waals surface area (Å²) in [6.07, 6.45) is 5.38. The standard InChI is InChI=1S/C11H24O2.C9H20O.C6H14O.CH4/c1-5-7-12-9-10-13-8-6-11(2,3)4;1-5-7-10-8-6-9(2,3)4;1-6(2,3)4-5-7;/h5-10H2,1-4H3;5-8H2,1-4H3;7H,4-5H2,1-3H3;1H4. The number of aliphatic hydroxyl groups is 1. The Morgan fingerprint density at radius 1 is 0.484 bits per heavy atom. The third kappa shape index (κ3) is 53.3. The first-order chi connectivity index (χ1) is 13.7. The molecule has 0 aliphatic carbocycles. The van der Waals surface area contributed by atoms with E-state index < -0.39 is 0 Å². The maximum Gasteiger partial charge on any atom is 0.0700 e. The van der Waals surface area contributed by atoms with Gasteiger partial charge in [-0.1, -0.05) is 83.6 Å². The lowest BCUT2D eigenvalue weighted by Gasteiger charge is -2.17. The van der Waals surface area contributed by atoms with Crippen LogP contribution in [0, 0.1) is 16.2 Å². The van der Waals surface area contributed by atoms with Gasteiger partial charge in [0.05, 0.1) is 13.2 Å². The van der Waals surface area contributed by atoms with Gasteiger partial charge in [-0.25, -0.2) is 0 Å². The number of hydrogen-bond donors (Lipinski definition) is 1. The minimum absolute atomic E-state index is 0. The van der Waals surface area contributed by atoms with E-state index in [0.29, 0.717) is 22.9 Å². The van der Waals surface area contributed by atoms with Crippen LogP contribution in [0.5, 0.6) is 0 Å². The number of ether oxygens (including phenoxy) is 3. The van der Waals surface area contributed by atoms with E-state index in [1.807, 2.05) is 0 Å². The predicted molar refractivity (Wildman–Crippen MR) is 139 cm³/mol. The van der Waals surface area contributed by atoms with Gasteiger partial charge in [0.15, 0.2) is 0 Å². The van der Waals surface area contributed by atoms with Gasteiger partial charge in [-0.2, -0.15) is 0 Å². The molecule has 0 aliphatic heterocycles. The monoisotopic (exact) mass is 450 g/mol. The van der Waals surface area contributed by atoms with E-state index in [2.05, 4.69) is 76.2 Å². The second kappa shape index (κ2) is 23.0. The van der Waals surface area contributed by atoms with Crippen molar-refractivity contribution >= 4 is 0 Å². The van der Waals surface area contributed by atoms with E-state index in [1.165, 1.54) is 0 Å². The van der Waals surface area contributed by atoms with E-state index in [1.54, 1.807) is 0 Å². The van der Waals surface area contributed by atoms with E-state index in [0.717, 1.165) is 71.7 Å². The lowest BCUT2D eigenvalue weighted by atomic mass is 9.93. The summed E-state index contributed by atoms with van der Waals surface area (Å²) in [6, 6.07) is 0. The van der Waals surface area contributed by atoms with Gasteiger partial charge in [0.25, 0.3) is 0 Å². The molecule has 0 aromatic carbocycles. The molecule has 0 rings (SSSR count). The molecule has 194 valence electrons. The van der Waals surface area contributed by atoms with E-state index in [-0.39, 0.29) is 7.43 Å². The largest absolute Gasteiger partial charge is 0.396 e. The molecule has 0 atom stereocenters. The average molecular weight is 451 g/mol. The highest BCUT2D eigenvalue weighted by Crippen LogP contribution is 2.18. The van der Waals surface area contributed by atoms with Gasteiger partial charge in [-0.3, -0.25) is 0 Å². The van der Waals surface area contributed by atoms with Crippen LogP contribution in [0.3, 0.4) is 0 Å². The van der Waals surface area contributed by atoms with Crippen molar-refractivity contribution in [1.29, 1.82) is 0 Å². The molecule has 0 bridgehead atoms. The van der Waals surface area contributed by atoms with Crippen LogP contribution < -0.4 is 0 Å². The quantitative estimate of drug-likeness (QED) is 0.308. The fraction of sp³-hybridized carbons (Fsp3) is 1.00. The van der Waals surface area contributed by atoms with Crippen molar-refractivity contribution in [1.82, 2.24) is 0 Å². The lowest BCUT2D eigenvalue weighted by molar-refractivity contribution is 0.0390. The first kappa shape index (κ1) is 38.1. The van der Waals surface area contributed by atoms with Crippen LogP contribution in [0.4, 0.5) is 0 Å². The normalized spacial score (nSPS) is 11.6. The summed E-state index contributed by atoms with van der Waals surface area (Å²) in [7, 11) is 0. The molecule has 0 amide bonds. The SMILES string of the molecule is C.CC(C)(C)CCO.CCCOCCC(C)(C)C.CCCOCCOCCC(C)(C)C. The fourth-order valence-corrected chi connectivity index (χ4v) is 1.80. The van der Waals surface area contributed by atoms with E-state index >= 15 is 0 Å². The van der Waals surface area contributed by atoms with E-state index in [4.69, 9.17) is 19.3 Å². The molecule has 0 radical (unpaired) electrons. The van der Waals surface area contributed by atoms with Gasteiger partial charge >= 0.3 is 0 Å². The average Bonchev–Trinajstić information content (AvgIpc) is 2.56. The molecule has 0 aromatic rings. The van der Waals surface area contributed by atoms with Crippen molar-refractivity contribution in [3.05, 3.63) is 0 Å². The molecular formula is C27H62O4. The lowest BCUT2D eigenvalue weighted by Crippen LogP contribution is -2.12. The highest BCUT2D eigenvalue weighted by molar-refractivity contribution is 4.60. The fourth-order valence-electron chi connectivity index (χ4n) is 1.80. The van der Waals surface area contributed by atoms with E-state index in [9.17, 15) is 0 Å². The molecule has 4 nitrogen and oxygen atoms in total. The van der Waals surface area contributed by atoms with Gasteiger partial charge in [0.2, 0.25) is 0 Å². The molecular weight excluding hydrogens is 388 g/mol. The maximum absolute atomic E-state index is 8.40. The molecule has 0 saturated heterocycles. The van der Waals surface area contributed by atoms with Crippen molar-refractivity contribution < 1.29 is 19.3 Å². The third-order valence-electron chi connectivity index (χ3n) is 3.92. The van der Waals surface area contributed by atoms with Crippen molar-refractivity contribution in [3.63, 3.8) is 0 Å². The first-order valence-electron chi connectivity index (χ1n) is 12.0. The Hall–Kier alpha value is -0.160. The summed E-state index contributed by atoms with van der Waals surface area (Å²) in [5, 5.41) is 8.40. The number of rotatable bonds is 12. The summed E-state index contributed by atoms with van der Waals surface area (Å²) in [5.41, 5.74) is 1.10. The van der Waals surface area contributed by atoms with Crippen molar-refractivity contribution in [3.8, 4) is 0 Å². The van der Waals surface area contributed by atoms with Crippen LogP contribution in [-0.2, 0) is 14.2 Å². The summed E-state index contributed by atoms with van der Waals surface area (Å²) in [4.78, 5) is 0. The zero-order valence-corrected chi connectivity index (χ0v) is 22.7. The summed E-state index contributed by atoms with van der Waals surface area (Å²) in [6.45, 7) is 29.3. The van der Waals surface area contributed by atoms with Gasteiger partial charge in [-0.15, -0.1) is 0 Å². The van der Waals surface area contributed by atoms with Crippen molar-refractivity contribution in [2.24, 2.45) is 16.2 Å². The minimum Gasteiger partial charge on any atom is -0.396 e. The molecule has 0 fully saturated rings. The Morgan fingerprint density at radius 2 is 0.774 bits per heavy atom. The Kier molecular flexibility index (Phi) is 28.3. The second-order valence-electron chi connectivity index (χ2n) is 11.5. The number of aliphatic hydroxyl groups excluding tert-OH is 1. The van der Waals surface area contributed by atoms with Crippen LogP contribution in [0.1, 0.15) is 116 Å². The van der Waals surface area contributed by atoms with Crippen LogP contribution >= 0.6 is 0 Å². The summed E-state index contributed by atoms with van der Waals surface area (Å²) < 4.78 is 16.1. The van der Waals surface area contributed by atoms with Crippen LogP contribution in [-0.4, -0.2) is 51.4 Å². The smallest absolute Gasteiger partial charge is 0.0700 e. The Morgan fingerprint density at radius 3 is 1.00 bits per heavy atom. The predicted octanol–water partition coefficient (Wildman–Crippen LogP) is 7.77. The minimum atomic E-state index is 0. The highest BCUT2D eigenvalue weighted by atomic mass is 16.5. The molecule has 0 aromatic heterocycles. The van der Waals surface area contributed by atoms with Crippen molar-refractivity contribution in [2.45, 2.75) is 116 Å². The van der Waals surface area contributed by atoms with Crippen LogP contribution in [0.2, 0.25) is 0 Å². The third-order valence-corrected chi connectivity index (χ3v) is 3.92. The van der Waals surface area contributed by atoms with Gasteiger partial charge in [-0.05, 0) is 48.3 Å². The molecule has 0 heterocycles. The van der Waals surface area contributed by atoms with Gasteiger partial charge < -0.3 is 19.3 Å². The van der Waals surface area contributed by atoms with Gasteiger partial charge in [0.1, 0.15) is 0 Å². The Bertz CT molecular complexity index is 322. The van der Waals surface area contributed by atoms with Crippen LogP contribution in [0.25, 0.3) is 0 Å². The zero-order valence-electron chi connectivity index (χ0n) is 22.7. The highest BCUT2D eigenvalue weighted by Gasteiger charge is 2.09. The maximum atomic E-state index is 8.40. The number of hydrogen-bond acceptors (Lipinski definition) is 4. The van der Waals surface area contributed by atoms with Crippen molar-refractivity contribution in [2.75, 3.05) is 46.2 Å². The Balaban J connectivity index is -0.000000182. The van der Waals surface area contributed by atoms with Crippen LogP contribution in [0.15, 0.2) is 0 Å². The molecule has 31 heavy (non-hydrogen) atoms. The zero-order chi connectivity index (χ0) is 24.1. The topological polar surface area (TPSA) is 47.9 Å².